The molecule has 4 nitrogen and oxygen atoms in total. The molecule has 33 heavy (non-hydrogen) atoms. The molecule has 4 heteroatoms. The molecule has 2 bridgehead atoms. The minimum Gasteiger partial charge on any atom is -0.496 e. The number of methoxy groups -OCH3 is 2. The number of allylic oxidation sites excluding steroid dienone is 1. The quantitative estimate of drug-likeness (QED) is 0.448. The SMILES string of the molecule is C=CCCC12c3ccccc3C(CCC(=O)O)(c3ccccc31)c1c(OC)ccc(OC)c12. The topological polar surface area (TPSA) is 55.8 Å². The Morgan fingerprint density at radius 3 is 1.61 bits per heavy atom. The summed E-state index contributed by atoms with van der Waals surface area (Å²) in [6.07, 6.45) is 4.10. The van der Waals surface area contributed by atoms with Crippen molar-refractivity contribution in [3.05, 3.63) is 107 Å². The Hall–Kier alpha value is -3.53. The lowest BCUT2D eigenvalue weighted by atomic mass is 9.45. The molecule has 3 aliphatic rings. The van der Waals surface area contributed by atoms with Crippen molar-refractivity contribution < 1.29 is 19.4 Å². The first kappa shape index (κ1) is 21.3. The number of carbonyl (C=O) groups is 1. The molecule has 0 spiro atoms. The van der Waals surface area contributed by atoms with Crippen LogP contribution in [0.3, 0.4) is 0 Å². The smallest absolute Gasteiger partial charge is 0.303 e. The molecule has 0 radical (unpaired) electrons. The first-order valence-corrected chi connectivity index (χ1v) is 11.3. The Balaban J connectivity index is 2.01. The van der Waals surface area contributed by atoms with Crippen LogP contribution in [0.15, 0.2) is 73.3 Å². The van der Waals surface area contributed by atoms with Gasteiger partial charge >= 0.3 is 5.97 Å². The number of carboxylic acid groups (broad SMARTS) is 1. The molecule has 3 aromatic carbocycles. The second-order valence-electron chi connectivity index (χ2n) is 8.84. The van der Waals surface area contributed by atoms with Gasteiger partial charge < -0.3 is 14.6 Å². The molecule has 0 aromatic heterocycles. The zero-order valence-electron chi connectivity index (χ0n) is 19.1. The van der Waals surface area contributed by atoms with Crippen LogP contribution >= 0.6 is 0 Å². The van der Waals surface area contributed by atoms with E-state index in [2.05, 4.69) is 55.1 Å². The van der Waals surface area contributed by atoms with Gasteiger partial charge in [0.25, 0.3) is 0 Å². The fourth-order valence-corrected chi connectivity index (χ4v) is 6.44. The van der Waals surface area contributed by atoms with Gasteiger partial charge in [-0.25, -0.2) is 0 Å². The van der Waals surface area contributed by atoms with E-state index >= 15 is 0 Å². The van der Waals surface area contributed by atoms with E-state index in [9.17, 15) is 9.90 Å². The van der Waals surface area contributed by atoms with Crippen molar-refractivity contribution >= 4 is 5.97 Å². The molecule has 0 unspecified atom stereocenters. The lowest BCUT2D eigenvalue weighted by molar-refractivity contribution is -0.137. The van der Waals surface area contributed by atoms with Crippen molar-refractivity contribution in [2.24, 2.45) is 0 Å². The summed E-state index contributed by atoms with van der Waals surface area (Å²) in [7, 11) is 3.39. The zero-order valence-corrected chi connectivity index (χ0v) is 19.1. The third-order valence-electron chi connectivity index (χ3n) is 7.55. The van der Waals surface area contributed by atoms with Gasteiger partial charge in [-0.1, -0.05) is 54.6 Å². The van der Waals surface area contributed by atoms with E-state index < -0.39 is 16.8 Å². The lowest BCUT2D eigenvalue weighted by Gasteiger charge is -2.57. The van der Waals surface area contributed by atoms with E-state index in [0.717, 1.165) is 46.6 Å². The van der Waals surface area contributed by atoms with Crippen LogP contribution in [0, 0.1) is 0 Å². The van der Waals surface area contributed by atoms with Crippen molar-refractivity contribution in [1.29, 1.82) is 0 Å². The summed E-state index contributed by atoms with van der Waals surface area (Å²) >= 11 is 0. The summed E-state index contributed by atoms with van der Waals surface area (Å²) in [5.74, 6) is 0.763. The molecule has 168 valence electrons. The van der Waals surface area contributed by atoms with Gasteiger partial charge in [0.1, 0.15) is 11.5 Å². The predicted octanol–water partition coefficient (Wildman–Crippen LogP) is 5.83. The van der Waals surface area contributed by atoms with Crippen LogP contribution in [-0.2, 0) is 15.6 Å². The summed E-state index contributed by atoms with van der Waals surface area (Å²) in [6.45, 7) is 4.01. The lowest BCUT2D eigenvalue weighted by Crippen LogP contribution is -2.51. The Kier molecular flexibility index (Phi) is 5.04. The van der Waals surface area contributed by atoms with E-state index in [1.54, 1.807) is 14.2 Å². The van der Waals surface area contributed by atoms with E-state index in [4.69, 9.17) is 9.47 Å². The molecule has 0 fully saturated rings. The van der Waals surface area contributed by atoms with Crippen LogP contribution in [0.5, 0.6) is 11.5 Å². The van der Waals surface area contributed by atoms with E-state index in [1.165, 1.54) is 11.1 Å². The number of ether oxygens (including phenoxy) is 2. The zero-order chi connectivity index (χ0) is 23.2. The first-order valence-electron chi connectivity index (χ1n) is 11.3. The molecule has 3 aliphatic carbocycles. The van der Waals surface area contributed by atoms with Crippen molar-refractivity contribution in [2.45, 2.75) is 36.5 Å². The molecule has 0 amide bonds. The van der Waals surface area contributed by atoms with Crippen LogP contribution in [0.4, 0.5) is 0 Å². The Morgan fingerprint density at radius 1 is 0.818 bits per heavy atom. The Bertz CT molecular complexity index is 1210. The van der Waals surface area contributed by atoms with Crippen molar-refractivity contribution in [2.75, 3.05) is 14.2 Å². The molecule has 1 N–H and O–H groups in total. The summed E-state index contributed by atoms with van der Waals surface area (Å²) in [4.78, 5) is 11.9. The van der Waals surface area contributed by atoms with Gasteiger partial charge in [-0.05, 0) is 53.6 Å². The second kappa shape index (κ2) is 7.80. The largest absolute Gasteiger partial charge is 0.496 e. The highest BCUT2D eigenvalue weighted by Crippen LogP contribution is 2.67. The van der Waals surface area contributed by atoms with Crippen LogP contribution in [-0.4, -0.2) is 25.3 Å². The summed E-state index contributed by atoms with van der Waals surface area (Å²) in [5, 5.41) is 9.74. The van der Waals surface area contributed by atoms with Crippen LogP contribution < -0.4 is 9.47 Å². The van der Waals surface area contributed by atoms with Gasteiger partial charge in [-0.3, -0.25) is 4.79 Å². The number of carboxylic acids is 1. The molecule has 0 saturated carbocycles. The summed E-state index contributed by atoms with van der Waals surface area (Å²) in [6, 6.07) is 20.9. The molecule has 0 aliphatic heterocycles. The van der Waals surface area contributed by atoms with E-state index in [-0.39, 0.29) is 6.42 Å². The normalized spacial score (nSPS) is 21.5. The van der Waals surface area contributed by atoms with E-state index in [1.807, 2.05) is 18.2 Å². The van der Waals surface area contributed by atoms with Crippen molar-refractivity contribution in [3.8, 4) is 11.5 Å². The number of benzene rings is 3. The maximum absolute atomic E-state index is 11.9. The maximum atomic E-state index is 11.9. The minimum atomic E-state index is -0.809. The van der Waals surface area contributed by atoms with Crippen molar-refractivity contribution in [3.63, 3.8) is 0 Å². The number of aliphatic carboxylic acids is 1. The highest BCUT2D eigenvalue weighted by atomic mass is 16.5. The molecule has 3 aromatic rings. The molecule has 6 rings (SSSR count). The van der Waals surface area contributed by atoms with Crippen molar-refractivity contribution in [1.82, 2.24) is 0 Å². The monoisotopic (exact) mass is 440 g/mol. The molecular formula is C29H28O4. The highest BCUT2D eigenvalue weighted by molar-refractivity contribution is 5.80. The minimum absolute atomic E-state index is 0.0438. The summed E-state index contributed by atoms with van der Waals surface area (Å²) < 4.78 is 11.9. The fraction of sp³-hybridized carbons (Fsp3) is 0.276. The van der Waals surface area contributed by atoms with Gasteiger partial charge in [0, 0.05) is 17.5 Å². The summed E-state index contributed by atoms with van der Waals surface area (Å²) in [5.41, 5.74) is 5.80. The third kappa shape index (κ3) is 2.67. The first-order chi connectivity index (χ1) is 16.1. The van der Waals surface area contributed by atoms with Gasteiger partial charge in [-0.2, -0.15) is 0 Å². The van der Waals surface area contributed by atoms with Gasteiger partial charge in [-0.15, -0.1) is 6.58 Å². The van der Waals surface area contributed by atoms with Gasteiger partial charge in [0.05, 0.1) is 25.0 Å². The van der Waals surface area contributed by atoms with Crippen LogP contribution in [0.1, 0.15) is 59.1 Å². The van der Waals surface area contributed by atoms with Gasteiger partial charge in [0.2, 0.25) is 0 Å². The molecule has 0 saturated heterocycles. The molecule has 0 atom stereocenters. The average Bonchev–Trinajstić information content (AvgIpc) is 2.86. The fourth-order valence-electron chi connectivity index (χ4n) is 6.44. The number of hydrogen-bond acceptors (Lipinski definition) is 3. The second-order valence-corrected chi connectivity index (χ2v) is 8.84. The average molecular weight is 441 g/mol. The Morgan fingerprint density at radius 2 is 1.24 bits per heavy atom. The van der Waals surface area contributed by atoms with E-state index in [0.29, 0.717) is 6.42 Å². The van der Waals surface area contributed by atoms with Crippen LogP contribution in [0.25, 0.3) is 0 Å². The third-order valence-corrected chi connectivity index (χ3v) is 7.55. The Labute approximate surface area is 194 Å². The predicted molar refractivity (Wildman–Crippen MR) is 128 cm³/mol. The highest BCUT2D eigenvalue weighted by Gasteiger charge is 2.60. The number of rotatable bonds is 8. The molecular weight excluding hydrogens is 412 g/mol. The molecule has 0 heterocycles. The standard InChI is InChI=1S/C29H28O4/c1-4-5-17-28-19-10-6-8-12-21(19)29(18-16-25(30)31,22-13-9-7-11-20(22)28)27-24(33-3)15-14-23(32-2)26(27)28/h4,6-15H,1,5,16-18H2,2-3H3,(H,30,31). The number of hydrogen-bond donors (Lipinski definition) is 1. The van der Waals surface area contributed by atoms with Gasteiger partial charge in [0.15, 0.2) is 0 Å². The van der Waals surface area contributed by atoms with Crippen LogP contribution in [0.2, 0.25) is 0 Å². The maximum Gasteiger partial charge on any atom is 0.303 e.